The van der Waals surface area contributed by atoms with Crippen LogP contribution >= 0.6 is 11.5 Å². The highest BCUT2D eigenvalue weighted by Crippen LogP contribution is 1.93. The average Bonchev–Trinajstić information content (AvgIpc) is 2.43. The summed E-state index contributed by atoms with van der Waals surface area (Å²) in [5.41, 5.74) is 1.68. The van der Waals surface area contributed by atoms with Crippen molar-refractivity contribution in [3.05, 3.63) is 11.8 Å². The highest BCUT2D eigenvalue weighted by Gasteiger charge is 1.80. The van der Waals surface area contributed by atoms with Crippen LogP contribution in [0.1, 0.15) is 27.2 Å². The molecule has 10 heavy (non-hydrogen) atoms. The number of hydrogen-bond acceptors (Lipinski definition) is 3. The molecule has 1 heterocycles. The van der Waals surface area contributed by atoms with Crippen molar-refractivity contribution in [2.75, 3.05) is 0 Å². The fourth-order valence-electron chi connectivity index (χ4n) is 0.136. The highest BCUT2D eigenvalue weighted by molar-refractivity contribution is 7.03. The molecule has 1 rings (SSSR count). The number of nitrogens with zero attached hydrogens (tertiary/aromatic N) is 2. The van der Waals surface area contributed by atoms with Crippen LogP contribution in [0.3, 0.4) is 0 Å². The topological polar surface area (TPSA) is 25.8 Å². The second-order valence-electron chi connectivity index (χ2n) is 2.38. The van der Waals surface area contributed by atoms with Gasteiger partial charge in [0.2, 0.25) is 0 Å². The number of hydrogen-bond donors (Lipinski definition) is 0. The molecule has 0 fully saturated rings. The first kappa shape index (κ1) is 9.56. The van der Waals surface area contributed by atoms with Crippen LogP contribution in [0.4, 0.5) is 0 Å². The molecule has 0 atom stereocenters. The maximum absolute atomic E-state index is 3.65. The molecule has 0 saturated heterocycles. The van der Waals surface area contributed by atoms with Gasteiger partial charge in [-0.15, -0.1) is 0 Å². The molecule has 1 aromatic heterocycles. The van der Waals surface area contributed by atoms with Crippen LogP contribution in [0, 0.1) is 5.92 Å². The highest BCUT2D eigenvalue weighted by atomic mass is 32.1. The van der Waals surface area contributed by atoms with Crippen LogP contribution in [-0.2, 0) is 0 Å². The Morgan fingerprint density at radius 3 is 2.20 bits per heavy atom. The van der Waals surface area contributed by atoms with Gasteiger partial charge >= 0.3 is 0 Å². The minimum Gasteiger partial charge on any atom is -0.231 e. The summed E-state index contributed by atoms with van der Waals surface area (Å²) in [6, 6.07) is 0. The first-order chi connectivity index (χ1) is 4.77. The van der Waals surface area contributed by atoms with Crippen molar-refractivity contribution in [1.29, 1.82) is 0 Å². The molecule has 0 bridgehead atoms. The molecule has 0 aromatic carbocycles. The molecule has 0 N–H and O–H groups in total. The largest absolute Gasteiger partial charge is 0.231 e. The van der Waals surface area contributed by atoms with Crippen LogP contribution in [0.15, 0.2) is 11.8 Å². The van der Waals surface area contributed by atoms with E-state index in [0.29, 0.717) is 0 Å². The molecule has 2 nitrogen and oxygen atoms in total. The van der Waals surface area contributed by atoms with Gasteiger partial charge in [0, 0.05) is 0 Å². The minimum absolute atomic E-state index is 0.884. The van der Waals surface area contributed by atoms with E-state index >= 15 is 0 Å². The van der Waals surface area contributed by atoms with E-state index in [1.807, 2.05) is 0 Å². The molecular weight excluding hydrogens is 144 g/mol. The Morgan fingerprint density at radius 1 is 1.50 bits per heavy atom. The van der Waals surface area contributed by atoms with Crippen LogP contribution in [0.25, 0.3) is 0 Å². The SMILES string of the molecule is CCC(C)C.c1ncsn1. The molecule has 0 amide bonds. The Bertz CT molecular complexity index is 109. The third-order valence-corrected chi connectivity index (χ3v) is 1.53. The van der Waals surface area contributed by atoms with Gasteiger partial charge in [0.1, 0.15) is 11.8 Å². The molecule has 0 aliphatic rings. The molecule has 58 valence electrons. The van der Waals surface area contributed by atoms with E-state index in [2.05, 4.69) is 30.1 Å². The first-order valence-electron chi connectivity index (χ1n) is 3.46. The van der Waals surface area contributed by atoms with Crippen molar-refractivity contribution in [3.63, 3.8) is 0 Å². The summed E-state index contributed by atoms with van der Waals surface area (Å²) in [5.74, 6) is 0.884. The van der Waals surface area contributed by atoms with Gasteiger partial charge in [0.05, 0.1) is 0 Å². The van der Waals surface area contributed by atoms with E-state index in [-0.39, 0.29) is 0 Å². The van der Waals surface area contributed by atoms with Crippen LogP contribution in [0.5, 0.6) is 0 Å². The lowest BCUT2D eigenvalue weighted by Crippen LogP contribution is -1.77. The molecule has 0 unspecified atom stereocenters. The maximum Gasteiger partial charge on any atom is 0.129 e. The third kappa shape index (κ3) is 7.56. The molecule has 0 aliphatic carbocycles. The average molecular weight is 158 g/mol. The van der Waals surface area contributed by atoms with Crippen LogP contribution in [-0.4, -0.2) is 9.36 Å². The van der Waals surface area contributed by atoms with E-state index in [0.717, 1.165) is 5.92 Å². The predicted molar refractivity (Wildman–Crippen MR) is 45.0 cm³/mol. The van der Waals surface area contributed by atoms with Gasteiger partial charge in [-0.05, 0) is 17.5 Å². The van der Waals surface area contributed by atoms with Gasteiger partial charge in [-0.1, -0.05) is 27.2 Å². The standard InChI is InChI=1S/C5H12.C2H2N2S/c1-4-5(2)3;1-3-2-5-4-1/h5H,4H2,1-3H3;1-2H. The van der Waals surface area contributed by atoms with Crippen molar-refractivity contribution in [2.24, 2.45) is 5.92 Å². The van der Waals surface area contributed by atoms with Gasteiger partial charge in [-0.2, -0.15) is 4.37 Å². The summed E-state index contributed by atoms with van der Waals surface area (Å²) in [6.45, 7) is 6.64. The lowest BCUT2D eigenvalue weighted by molar-refractivity contribution is 0.626. The summed E-state index contributed by atoms with van der Waals surface area (Å²) in [6.07, 6.45) is 2.82. The predicted octanol–water partition coefficient (Wildman–Crippen LogP) is 2.59. The Labute approximate surface area is 66.5 Å². The van der Waals surface area contributed by atoms with E-state index in [4.69, 9.17) is 0 Å². The zero-order chi connectivity index (χ0) is 7.82. The first-order valence-corrected chi connectivity index (χ1v) is 4.30. The molecule has 1 aromatic rings. The molecule has 0 spiro atoms. The summed E-state index contributed by atoms with van der Waals surface area (Å²) in [7, 11) is 0. The van der Waals surface area contributed by atoms with Gasteiger partial charge < -0.3 is 0 Å². The molecule has 3 heteroatoms. The van der Waals surface area contributed by atoms with Crippen molar-refractivity contribution in [1.82, 2.24) is 9.36 Å². The summed E-state index contributed by atoms with van der Waals surface area (Å²) in [5, 5.41) is 0. The van der Waals surface area contributed by atoms with Crippen molar-refractivity contribution < 1.29 is 0 Å². The fraction of sp³-hybridized carbons (Fsp3) is 0.714. The molecule has 0 aliphatic heterocycles. The Hall–Kier alpha value is -0.440. The second kappa shape index (κ2) is 6.68. The monoisotopic (exact) mass is 158 g/mol. The summed E-state index contributed by atoms with van der Waals surface area (Å²) < 4.78 is 3.65. The van der Waals surface area contributed by atoms with Crippen LogP contribution in [0.2, 0.25) is 0 Å². The summed E-state index contributed by atoms with van der Waals surface area (Å²) >= 11 is 1.35. The smallest absolute Gasteiger partial charge is 0.129 e. The molecule has 0 saturated carbocycles. The quantitative estimate of drug-likeness (QED) is 0.627. The van der Waals surface area contributed by atoms with E-state index in [1.165, 1.54) is 24.3 Å². The Balaban J connectivity index is 0.000000162. The van der Waals surface area contributed by atoms with E-state index in [1.54, 1.807) is 5.51 Å². The summed E-state index contributed by atoms with van der Waals surface area (Å²) in [4.78, 5) is 3.63. The van der Waals surface area contributed by atoms with E-state index < -0.39 is 0 Å². The lowest BCUT2D eigenvalue weighted by Gasteiger charge is -1.90. The Morgan fingerprint density at radius 2 is 2.10 bits per heavy atom. The van der Waals surface area contributed by atoms with Crippen molar-refractivity contribution >= 4 is 11.5 Å². The second-order valence-corrected chi connectivity index (χ2v) is 3.02. The molecular formula is C7H14N2S. The molecule has 0 radical (unpaired) electrons. The van der Waals surface area contributed by atoms with Gasteiger partial charge in [-0.25, -0.2) is 4.98 Å². The van der Waals surface area contributed by atoms with Crippen molar-refractivity contribution in [2.45, 2.75) is 27.2 Å². The van der Waals surface area contributed by atoms with Gasteiger partial charge in [0.25, 0.3) is 0 Å². The fourth-order valence-corrected chi connectivity index (χ4v) is 0.408. The van der Waals surface area contributed by atoms with Gasteiger partial charge in [-0.3, -0.25) is 0 Å². The maximum atomic E-state index is 3.65. The van der Waals surface area contributed by atoms with Gasteiger partial charge in [0.15, 0.2) is 0 Å². The normalized spacial score (nSPS) is 8.80. The zero-order valence-electron chi connectivity index (χ0n) is 6.74. The zero-order valence-corrected chi connectivity index (χ0v) is 7.56. The lowest BCUT2D eigenvalue weighted by atomic mass is 10.2. The van der Waals surface area contributed by atoms with Crippen LogP contribution < -0.4 is 0 Å². The minimum atomic E-state index is 0.884. The third-order valence-electron chi connectivity index (χ3n) is 1.10. The van der Waals surface area contributed by atoms with E-state index in [9.17, 15) is 0 Å². The Kier molecular flexibility index (Phi) is 6.38. The number of rotatable bonds is 1. The van der Waals surface area contributed by atoms with Crippen molar-refractivity contribution in [3.8, 4) is 0 Å². The number of aromatic nitrogens is 2.